The average Bonchev–Trinajstić information content (AvgIpc) is 3.49. The normalized spacial score (nSPS) is 11.2. The number of rotatable bonds is 5. The molecular weight excluding hydrogens is 462 g/mol. The molecule has 0 saturated heterocycles. The number of fused-ring (bicyclic) bond motifs is 1. The number of pyridine rings is 4. The molecule has 6 aromatic heterocycles. The number of aryl methyl sites for hydroxylation is 2. The van der Waals surface area contributed by atoms with E-state index >= 15 is 0 Å². The van der Waals surface area contributed by atoms with E-state index in [0.717, 1.165) is 56.1 Å². The van der Waals surface area contributed by atoms with Crippen LogP contribution in [0.25, 0.3) is 33.3 Å². The molecule has 0 fully saturated rings. The highest BCUT2D eigenvalue weighted by Crippen LogP contribution is 2.37. The molecule has 178 valence electrons. The molecule has 0 spiro atoms. The average molecular weight is 484 g/mol. The Bertz CT molecular complexity index is 1690. The van der Waals surface area contributed by atoms with Gasteiger partial charge in [0.25, 0.3) is 0 Å². The van der Waals surface area contributed by atoms with Gasteiger partial charge in [-0.15, -0.1) is 0 Å². The SMILES string of the molecule is Cc1noc(C)c1-c1cnc2c(-c3ccc(C#N)nc3)cn(C(c3ccccn3)c3ccccn3)c2c1. The van der Waals surface area contributed by atoms with Crippen LogP contribution >= 0.6 is 0 Å². The van der Waals surface area contributed by atoms with Crippen molar-refractivity contribution >= 4 is 11.0 Å². The van der Waals surface area contributed by atoms with Crippen LogP contribution in [-0.4, -0.2) is 29.7 Å². The van der Waals surface area contributed by atoms with Gasteiger partial charge in [0.15, 0.2) is 0 Å². The Labute approximate surface area is 212 Å². The molecule has 8 nitrogen and oxygen atoms in total. The third kappa shape index (κ3) is 3.93. The van der Waals surface area contributed by atoms with Gasteiger partial charge in [-0.1, -0.05) is 17.3 Å². The maximum absolute atomic E-state index is 9.21. The van der Waals surface area contributed by atoms with Gasteiger partial charge in [0.1, 0.15) is 23.6 Å². The Morgan fingerprint density at radius 3 is 2.16 bits per heavy atom. The van der Waals surface area contributed by atoms with E-state index in [-0.39, 0.29) is 6.04 Å². The molecule has 6 aromatic rings. The van der Waals surface area contributed by atoms with Crippen LogP contribution in [0, 0.1) is 25.2 Å². The van der Waals surface area contributed by atoms with Crippen molar-refractivity contribution in [1.29, 1.82) is 5.26 Å². The van der Waals surface area contributed by atoms with Gasteiger partial charge in [0.2, 0.25) is 0 Å². The molecule has 0 bridgehead atoms. The van der Waals surface area contributed by atoms with Crippen molar-refractivity contribution in [2.75, 3.05) is 0 Å². The molecule has 0 atom stereocenters. The first-order valence-corrected chi connectivity index (χ1v) is 11.8. The van der Waals surface area contributed by atoms with E-state index in [1.807, 2.05) is 62.5 Å². The molecular formula is C29H21N7O. The number of nitrogens with zero attached hydrogens (tertiary/aromatic N) is 7. The first kappa shape index (κ1) is 22.3. The summed E-state index contributed by atoms with van der Waals surface area (Å²) in [6.07, 6.45) is 9.19. The maximum atomic E-state index is 9.21. The summed E-state index contributed by atoms with van der Waals surface area (Å²) < 4.78 is 7.59. The second-order valence-corrected chi connectivity index (χ2v) is 8.70. The summed E-state index contributed by atoms with van der Waals surface area (Å²) in [5.41, 5.74) is 8.17. The fourth-order valence-electron chi connectivity index (χ4n) is 4.72. The van der Waals surface area contributed by atoms with Gasteiger partial charge >= 0.3 is 0 Å². The van der Waals surface area contributed by atoms with E-state index in [0.29, 0.717) is 5.69 Å². The molecule has 0 saturated carbocycles. The highest BCUT2D eigenvalue weighted by Gasteiger charge is 2.24. The lowest BCUT2D eigenvalue weighted by Gasteiger charge is -2.19. The quantitative estimate of drug-likeness (QED) is 0.311. The Balaban J connectivity index is 1.65. The minimum Gasteiger partial charge on any atom is -0.361 e. The van der Waals surface area contributed by atoms with E-state index in [4.69, 9.17) is 9.51 Å². The van der Waals surface area contributed by atoms with E-state index in [1.165, 1.54) is 0 Å². The van der Waals surface area contributed by atoms with Crippen LogP contribution in [0.1, 0.15) is 34.6 Å². The molecule has 0 N–H and O–H groups in total. The molecule has 8 heteroatoms. The highest BCUT2D eigenvalue weighted by atomic mass is 16.5. The zero-order valence-electron chi connectivity index (χ0n) is 20.2. The standard InChI is InChI=1S/C29H21N7O/c1-18-27(19(2)37-35-18)21-13-26-28(34-16-21)23(20-9-10-22(14-30)33-15-20)17-36(26)29(24-7-3-5-11-31-24)25-8-4-6-12-32-25/h3-13,15-17,29H,1-2H3. The second kappa shape index (κ2) is 9.13. The maximum Gasteiger partial charge on any atom is 0.141 e. The topological polar surface area (TPSA) is 106 Å². The number of nitriles is 1. The lowest BCUT2D eigenvalue weighted by molar-refractivity contribution is 0.393. The Morgan fingerprint density at radius 1 is 0.865 bits per heavy atom. The van der Waals surface area contributed by atoms with Gasteiger partial charge in [0.05, 0.1) is 28.1 Å². The van der Waals surface area contributed by atoms with Crippen molar-refractivity contribution in [3.63, 3.8) is 0 Å². The summed E-state index contributed by atoms with van der Waals surface area (Å²) in [4.78, 5) is 18.6. The monoisotopic (exact) mass is 483 g/mol. The van der Waals surface area contributed by atoms with Gasteiger partial charge in [-0.25, -0.2) is 4.98 Å². The summed E-state index contributed by atoms with van der Waals surface area (Å²) in [5, 5.41) is 13.3. The van der Waals surface area contributed by atoms with Crippen molar-refractivity contribution < 1.29 is 4.52 Å². The molecule has 37 heavy (non-hydrogen) atoms. The van der Waals surface area contributed by atoms with Crippen molar-refractivity contribution in [2.24, 2.45) is 0 Å². The predicted molar refractivity (Wildman–Crippen MR) is 138 cm³/mol. The molecule has 0 radical (unpaired) electrons. The lowest BCUT2D eigenvalue weighted by Crippen LogP contribution is -2.14. The van der Waals surface area contributed by atoms with Crippen LogP contribution in [-0.2, 0) is 0 Å². The molecule has 0 aliphatic carbocycles. The van der Waals surface area contributed by atoms with E-state index < -0.39 is 0 Å². The Kier molecular flexibility index (Phi) is 5.51. The van der Waals surface area contributed by atoms with Crippen LogP contribution in [0.15, 0.2) is 90.1 Å². The minimum absolute atomic E-state index is 0.299. The summed E-state index contributed by atoms with van der Waals surface area (Å²) in [6, 6.07) is 19.2. The van der Waals surface area contributed by atoms with Crippen LogP contribution in [0.4, 0.5) is 0 Å². The zero-order valence-corrected chi connectivity index (χ0v) is 20.2. The summed E-state index contributed by atoms with van der Waals surface area (Å²) >= 11 is 0. The lowest BCUT2D eigenvalue weighted by atomic mass is 10.0. The van der Waals surface area contributed by atoms with Gasteiger partial charge in [0, 0.05) is 53.2 Å². The van der Waals surface area contributed by atoms with Crippen molar-refractivity contribution in [2.45, 2.75) is 19.9 Å². The molecule has 0 aromatic carbocycles. The molecule has 0 aliphatic heterocycles. The molecule has 6 heterocycles. The molecule has 0 unspecified atom stereocenters. The number of hydrogen-bond donors (Lipinski definition) is 0. The first-order chi connectivity index (χ1) is 18.1. The Morgan fingerprint density at radius 2 is 1.59 bits per heavy atom. The molecule has 0 amide bonds. The smallest absolute Gasteiger partial charge is 0.141 e. The van der Waals surface area contributed by atoms with Crippen molar-refractivity contribution in [3.05, 3.63) is 114 Å². The fraction of sp³-hybridized carbons (Fsp3) is 0.103. The van der Waals surface area contributed by atoms with Gasteiger partial charge in [-0.3, -0.25) is 15.0 Å². The van der Waals surface area contributed by atoms with Crippen LogP contribution in [0.2, 0.25) is 0 Å². The van der Waals surface area contributed by atoms with Crippen molar-refractivity contribution in [1.82, 2.24) is 29.7 Å². The molecule has 0 aliphatic rings. The third-order valence-electron chi connectivity index (χ3n) is 6.39. The summed E-state index contributed by atoms with van der Waals surface area (Å²) in [5.74, 6) is 0.735. The largest absolute Gasteiger partial charge is 0.361 e. The van der Waals surface area contributed by atoms with Gasteiger partial charge < -0.3 is 9.09 Å². The second-order valence-electron chi connectivity index (χ2n) is 8.70. The van der Waals surface area contributed by atoms with E-state index in [1.54, 1.807) is 24.7 Å². The zero-order chi connectivity index (χ0) is 25.4. The van der Waals surface area contributed by atoms with Gasteiger partial charge in [-0.05, 0) is 56.3 Å². The number of aromatic nitrogens is 6. The summed E-state index contributed by atoms with van der Waals surface area (Å²) in [7, 11) is 0. The predicted octanol–water partition coefficient (Wildman–Crippen LogP) is 5.67. The number of hydrogen-bond acceptors (Lipinski definition) is 7. The third-order valence-corrected chi connectivity index (χ3v) is 6.39. The first-order valence-electron chi connectivity index (χ1n) is 11.8. The van der Waals surface area contributed by atoms with Crippen LogP contribution in [0.3, 0.4) is 0 Å². The highest BCUT2D eigenvalue weighted by molar-refractivity contribution is 5.95. The van der Waals surface area contributed by atoms with Crippen molar-refractivity contribution in [3.8, 4) is 28.3 Å². The van der Waals surface area contributed by atoms with Crippen LogP contribution in [0.5, 0.6) is 0 Å². The van der Waals surface area contributed by atoms with E-state index in [2.05, 4.69) is 43.0 Å². The van der Waals surface area contributed by atoms with E-state index in [9.17, 15) is 5.26 Å². The van der Waals surface area contributed by atoms with Crippen LogP contribution < -0.4 is 0 Å². The minimum atomic E-state index is -0.299. The Hall–Kier alpha value is -5.16. The van der Waals surface area contributed by atoms with Gasteiger partial charge in [-0.2, -0.15) is 5.26 Å². The fourth-order valence-corrected chi connectivity index (χ4v) is 4.72. The molecule has 6 rings (SSSR count). The summed E-state index contributed by atoms with van der Waals surface area (Å²) in [6.45, 7) is 3.82.